The van der Waals surface area contributed by atoms with E-state index < -0.39 is 0 Å². The van der Waals surface area contributed by atoms with Crippen molar-refractivity contribution >= 4 is 35.4 Å². The monoisotopic (exact) mass is 347 g/mol. The van der Waals surface area contributed by atoms with E-state index in [1.165, 1.54) is 0 Å². The average Bonchev–Trinajstić information content (AvgIpc) is 3.01. The molecule has 0 aliphatic rings. The first-order valence-electron chi connectivity index (χ1n) is 8.40. The molecule has 0 unspecified atom stereocenters. The number of nitrogens with one attached hydrogen (secondary N) is 2. The third-order valence-corrected chi connectivity index (χ3v) is 4.33. The third-order valence-electron chi connectivity index (χ3n) is 4.33. The summed E-state index contributed by atoms with van der Waals surface area (Å²) in [6.07, 6.45) is 0. The van der Waals surface area contributed by atoms with E-state index >= 15 is 0 Å². The summed E-state index contributed by atoms with van der Waals surface area (Å²) in [5, 5.41) is 4.15. The summed E-state index contributed by atoms with van der Waals surface area (Å²) in [6.45, 7) is 1.04. The number of aromatic nitrogens is 2. The number of H-pyrrole nitrogens is 1. The van der Waals surface area contributed by atoms with Crippen LogP contribution in [0.1, 0.15) is 11.4 Å². The topological polar surface area (TPSA) is 80.2 Å². The largest absolute Gasteiger partial charge is 0.496 e. The van der Waals surface area contributed by atoms with Gasteiger partial charge in [-0.05, 0) is 12.1 Å². The Morgan fingerprint density at radius 3 is 2.92 bits per heavy atom. The number of ether oxygens (including phenoxy) is 1. The molecule has 0 fully saturated rings. The van der Waals surface area contributed by atoms with Crippen LogP contribution in [-0.4, -0.2) is 24.9 Å². The van der Waals surface area contributed by atoms with Gasteiger partial charge in [-0.25, -0.2) is 4.98 Å². The first kappa shape index (κ1) is 16.4. The van der Waals surface area contributed by atoms with Crippen LogP contribution in [0, 0.1) is 0 Å². The SMILES string of the molecule is Bc1ccc2oc3c(=O)[nH]c(CNCc4ccccc4OC)nc3c2c1. The molecular formula is C19H18BN3O3. The Bertz CT molecular complexity index is 1150. The third kappa shape index (κ3) is 2.97. The molecule has 0 bridgehead atoms. The molecule has 2 aromatic heterocycles. The lowest BCUT2D eigenvalue weighted by atomic mass is 9.95. The van der Waals surface area contributed by atoms with E-state index in [0.29, 0.717) is 30.0 Å². The zero-order valence-corrected chi connectivity index (χ0v) is 14.6. The van der Waals surface area contributed by atoms with E-state index in [9.17, 15) is 4.79 Å². The number of para-hydroxylation sites is 1. The van der Waals surface area contributed by atoms with Crippen molar-refractivity contribution in [3.05, 3.63) is 64.2 Å². The van der Waals surface area contributed by atoms with Crippen LogP contribution in [0.15, 0.2) is 51.7 Å². The van der Waals surface area contributed by atoms with E-state index in [4.69, 9.17) is 9.15 Å². The maximum absolute atomic E-state index is 12.4. The number of methoxy groups -OCH3 is 1. The molecule has 6 nitrogen and oxygen atoms in total. The normalized spacial score (nSPS) is 11.3. The molecule has 0 aliphatic heterocycles. The minimum Gasteiger partial charge on any atom is -0.496 e. The molecule has 0 amide bonds. The van der Waals surface area contributed by atoms with Crippen LogP contribution in [0.5, 0.6) is 5.75 Å². The summed E-state index contributed by atoms with van der Waals surface area (Å²) >= 11 is 0. The second-order valence-corrected chi connectivity index (χ2v) is 6.21. The molecule has 0 saturated carbocycles. The second-order valence-electron chi connectivity index (χ2n) is 6.21. The zero-order chi connectivity index (χ0) is 18.1. The number of furan rings is 1. The standard InChI is InChI=1S/C19H18BN3O3/c1-25-14-5-3-2-4-11(14)9-21-10-16-22-17-13-8-12(20)6-7-15(13)26-18(17)19(24)23-16/h2-8,21H,9-10,20H2,1H3,(H,22,23,24). The molecule has 4 aromatic rings. The number of hydrogen-bond acceptors (Lipinski definition) is 5. The molecule has 2 N–H and O–H groups in total. The fraction of sp³-hybridized carbons (Fsp3) is 0.158. The van der Waals surface area contributed by atoms with E-state index in [0.717, 1.165) is 22.2 Å². The Hall–Kier alpha value is -3.06. The molecular weight excluding hydrogens is 329 g/mol. The maximum atomic E-state index is 12.4. The number of hydrogen-bond donors (Lipinski definition) is 2. The number of fused-ring (bicyclic) bond motifs is 3. The van der Waals surface area contributed by atoms with Crippen molar-refractivity contribution < 1.29 is 9.15 Å². The molecule has 0 saturated heterocycles. The number of aromatic amines is 1. The summed E-state index contributed by atoms with van der Waals surface area (Å²) in [7, 11) is 3.65. The van der Waals surface area contributed by atoms with Gasteiger partial charge in [-0.2, -0.15) is 0 Å². The summed E-state index contributed by atoms with van der Waals surface area (Å²) < 4.78 is 11.0. The van der Waals surface area contributed by atoms with Gasteiger partial charge in [-0.3, -0.25) is 4.79 Å². The molecule has 4 rings (SSSR count). The van der Waals surface area contributed by atoms with Crippen LogP contribution < -0.4 is 21.1 Å². The quantitative estimate of drug-likeness (QED) is 0.531. The van der Waals surface area contributed by atoms with Gasteiger partial charge < -0.3 is 19.5 Å². The van der Waals surface area contributed by atoms with Gasteiger partial charge >= 0.3 is 0 Å². The van der Waals surface area contributed by atoms with E-state index in [1.807, 2.05) is 50.3 Å². The van der Waals surface area contributed by atoms with Gasteiger partial charge in [0, 0.05) is 17.5 Å². The second kappa shape index (κ2) is 6.69. The van der Waals surface area contributed by atoms with Crippen molar-refractivity contribution in [2.45, 2.75) is 13.1 Å². The first-order valence-corrected chi connectivity index (χ1v) is 8.40. The van der Waals surface area contributed by atoms with Gasteiger partial charge in [0.05, 0.1) is 13.7 Å². The highest BCUT2D eigenvalue weighted by atomic mass is 16.5. The van der Waals surface area contributed by atoms with Crippen LogP contribution in [0.4, 0.5) is 0 Å². The highest BCUT2D eigenvalue weighted by molar-refractivity contribution is 6.33. The Morgan fingerprint density at radius 2 is 2.08 bits per heavy atom. The van der Waals surface area contributed by atoms with Crippen LogP contribution in [0.25, 0.3) is 22.1 Å². The Kier molecular flexibility index (Phi) is 4.22. The molecule has 2 heterocycles. The van der Waals surface area contributed by atoms with E-state index in [1.54, 1.807) is 7.11 Å². The zero-order valence-electron chi connectivity index (χ0n) is 14.6. The lowest BCUT2D eigenvalue weighted by Gasteiger charge is -2.09. The smallest absolute Gasteiger partial charge is 0.294 e. The van der Waals surface area contributed by atoms with Gasteiger partial charge in [-0.15, -0.1) is 0 Å². The Balaban J connectivity index is 1.62. The van der Waals surface area contributed by atoms with Crippen LogP contribution in [0.2, 0.25) is 0 Å². The fourth-order valence-electron chi connectivity index (χ4n) is 3.06. The Labute approximate surface area is 150 Å². The van der Waals surface area contributed by atoms with E-state index in [-0.39, 0.29) is 11.1 Å². The van der Waals surface area contributed by atoms with Crippen LogP contribution >= 0.6 is 0 Å². The van der Waals surface area contributed by atoms with Crippen molar-refractivity contribution in [3.63, 3.8) is 0 Å². The summed E-state index contributed by atoms with van der Waals surface area (Å²) in [5.74, 6) is 1.40. The predicted octanol–water partition coefficient (Wildman–Crippen LogP) is 1.23. The van der Waals surface area contributed by atoms with Crippen LogP contribution in [0.3, 0.4) is 0 Å². The van der Waals surface area contributed by atoms with Gasteiger partial charge in [0.2, 0.25) is 5.58 Å². The van der Waals surface area contributed by atoms with Crippen molar-refractivity contribution in [1.82, 2.24) is 15.3 Å². The van der Waals surface area contributed by atoms with Crippen molar-refractivity contribution in [3.8, 4) is 5.75 Å². The average molecular weight is 347 g/mol. The summed E-state index contributed by atoms with van der Waals surface area (Å²) in [6, 6.07) is 13.6. The molecule has 0 aliphatic carbocycles. The maximum Gasteiger partial charge on any atom is 0.294 e. The summed E-state index contributed by atoms with van der Waals surface area (Å²) in [5.41, 5.74) is 3.40. The van der Waals surface area contributed by atoms with E-state index in [2.05, 4.69) is 15.3 Å². The molecule has 26 heavy (non-hydrogen) atoms. The van der Waals surface area contributed by atoms with Crippen LogP contribution in [-0.2, 0) is 13.1 Å². The molecule has 7 heteroatoms. The predicted molar refractivity (Wildman–Crippen MR) is 104 cm³/mol. The minimum absolute atomic E-state index is 0.263. The highest BCUT2D eigenvalue weighted by Gasteiger charge is 2.13. The molecule has 130 valence electrons. The highest BCUT2D eigenvalue weighted by Crippen LogP contribution is 2.23. The molecule has 0 spiro atoms. The van der Waals surface area contributed by atoms with Crippen molar-refractivity contribution in [1.29, 1.82) is 0 Å². The van der Waals surface area contributed by atoms with Gasteiger partial charge in [0.1, 0.15) is 30.5 Å². The first-order chi connectivity index (χ1) is 12.7. The molecule has 0 radical (unpaired) electrons. The van der Waals surface area contributed by atoms with Crippen molar-refractivity contribution in [2.75, 3.05) is 7.11 Å². The van der Waals surface area contributed by atoms with Gasteiger partial charge in [0.25, 0.3) is 5.56 Å². The number of benzene rings is 2. The van der Waals surface area contributed by atoms with Gasteiger partial charge in [-0.1, -0.05) is 35.8 Å². The minimum atomic E-state index is -0.266. The lowest BCUT2D eigenvalue weighted by molar-refractivity contribution is 0.407. The molecule has 2 aromatic carbocycles. The molecule has 0 atom stereocenters. The van der Waals surface area contributed by atoms with Gasteiger partial charge in [0.15, 0.2) is 0 Å². The summed E-state index contributed by atoms with van der Waals surface area (Å²) in [4.78, 5) is 19.7. The van der Waals surface area contributed by atoms with Crippen molar-refractivity contribution in [2.24, 2.45) is 0 Å². The lowest BCUT2D eigenvalue weighted by Crippen LogP contribution is -2.19. The fourth-order valence-corrected chi connectivity index (χ4v) is 3.06. The Morgan fingerprint density at radius 1 is 1.23 bits per heavy atom. The number of rotatable bonds is 5. The number of nitrogens with zero attached hydrogens (tertiary/aromatic N) is 1.